The summed E-state index contributed by atoms with van der Waals surface area (Å²) in [4.78, 5) is 0. The van der Waals surface area contributed by atoms with Gasteiger partial charge in [-0.25, -0.2) is 0 Å². The highest BCUT2D eigenvalue weighted by Crippen LogP contribution is 2.39. The molecule has 3 rings (SSSR count). The predicted octanol–water partition coefficient (Wildman–Crippen LogP) is 4.29. The lowest BCUT2D eigenvalue weighted by Crippen LogP contribution is -2.34. The summed E-state index contributed by atoms with van der Waals surface area (Å²) in [7, 11) is 0. The van der Waals surface area contributed by atoms with Gasteiger partial charge >= 0.3 is 0 Å². The second-order valence-corrected chi connectivity index (χ2v) is 6.20. The van der Waals surface area contributed by atoms with Crippen molar-refractivity contribution in [2.75, 3.05) is 0 Å². The van der Waals surface area contributed by atoms with Crippen LogP contribution in [0.5, 0.6) is 0 Å². The summed E-state index contributed by atoms with van der Waals surface area (Å²) in [5.41, 5.74) is 6.87. The molecule has 0 bridgehead atoms. The van der Waals surface area contributed by atoms with Crippen LogP contribution in [0.15, 0.2) is 54.6 Å². The van der Waals surface area contributed by atoms with Crippen LogP contribution in [0.2, 0.25) is 0 Å². The lowest BCUT2D eigenvalue weighted by molar-refractivity contribution is 0.304. The van der Waals surface area contributed by atoms with Gasteiger partial charge in [-0.2, -0.15) is 0 Å². The fraction of sp³-hybridized carbons (Fsp3) is 0.368. The molecule has 0 spiro atoms. The van der Waals surface area contributed by atoms with E-state index in [-0.39, 0.29) is 6.04 Å². The number of hydrogen-bond acceptors (Lipinski definition) is 2. The smallest absolute Gasteiger partial charge is 0.0490 e. The minimum absolute atomic E-state index is 0.271. The van der Waals surface area contributed by atoms with Gasteiger partial charge in [-0.3, -0.25) is 11.3 Å². The van der Waals surface area contributed by atoms with Crippen molar-refractivity contribution in [1.82, 2.24) is 5.43 Å². The third kappa shape index (κ3) is 3.02. The third-order valence-electron chi connectivity index (χ3n) is 4.91. The second kappa shape index (κ2) is 6.42. The van der Waals surface area contributed by atoms with Gasteiger partial charge in [0.2, 0.25) is 0 Å². The van der Waals surface area contributed by atoms with Crippen LogP contribution < -0.4 is 11.3 Å². The van der Waals surface area contributed by atoms with Gasteiger partial charge in [-0.15, -0.1) is 0 Å². The highest BCUT2D eigenvalue weighted by atomic mass is 15.2. The molecule has 0 radical (unpaired) electrons. The van der Waals surface area contributed by atoms with E-state index in [4.69, 9.17) is 5.84 Å². The SMILES string of the molecule is CC1CCCC1C(NN)c1ccc(-c2ccccc2)cc1. The molecule has 0 amide bonds. The van der Waals surface area contributed by atoms with Crippen LogP contribution >= 0.6 is 0 Å². The Morgan fingerprint density at radius 1 is 0.952 bits per heavy atom. The van der Waals surface area contributed by atoms with E-state index in [0.29, 0.717) is 5.92 Å². The summed E-state index contributed by atoms with van der Waals surface area (Å²) < 4.78 is 0. The molecule has 2 aromatic carbocycles. The van der Waals surface area contributed by atoms with E-state index in [1.807, 2.05) is 6.07 Å². The summed E-state index contributed by atoms with van der Waals surface area (Å²) in [6.07, 6.45) is 3.92. The number of benzene rings is 2. The van der Waals surface area contributed by atoms with Crippen LogP contribution in [0.25, 0.3) is 11.1 Å². The Hall–Kier alpha value is -1.64. The van der Waals surface area contributed by atoms with Crippen molar-refractivity contribution < 1.29 is 0 Å². The Morgan fingerprint density at radius 2 is 1.62 bits per heavy atom. The Kier molecular flexibility index (Phi) is 4.37. The Labute approximate surface area is 127 Å². The third-order valence-corrected chi connectivity index (χ3v) is 4.91. The maximum absolute atomic E-state index is 5.85. The van der Waals surface area contributed by atoms with E-state index >= 15 is 0 Å². The maximum atomic E-state index is 5.85. The number of nitrogens with one attached hydrogen (secondary N) is 1. The van der Waals surface area contributed by atoms with Gasteiger partial charge in [0, 0.05) is 6.04 Å². The quantitative estimate of drug-likeness (QED) is 0.647. The predicted molar refractivity (Wildman–Crippen MR) is 88.4 cm³/mol. The lowest BCUT2D eigenvalue weighted by atomic mass is 9.86. The van der Waals surface area contributed by atoms with Crippen molar-refractivity contribution in [2.45, 2.75) is 32.2 Å². The highest BCUT2D eigenvalue weighted by Gasteiger charge is 2.31. The molecule has 21 heavy (non-hydrogen) atoms. The van der Waals surface area contributed by atoms with Crippen LogP contribution in [-0.4, -0.2) is 0 Å². The van der Waals surface area contributed by atoms with Crippen molar-refractivity contribution in [1.29, 1.82) is 0 Å². The molecule has 2 heteroatoms. The van der Waals surface area contributed by atoms with E-state index < -0.39 is 0 Å². The molecule has 2 aromatic rings. The van der Waals surface area contributed by atoms with Crippen LogP contribution in [0, 0.1) is 11.8 Å². The molecule has 1 aliphatic carbocycles. The monoisotopic (exact) mass is 280 g/mol. The zero-order valence-electron chi connectivity index (χ0n) is 12.6. The molecule has 1 saturated carbocycles. The first-order valence-corrected chi connectivity index (χ1v) is 7.91. The number of nitrogens with two attached hydrogens (primary N) is 1. The van der Waals surface area contributed by atoms with Crippen molar-refractivity contribution in [3.8, 4) is 11.1 Å². The largest absolute Gasteiger partial charge is 0.271 e. The minimum atomic E-state index is 0.271. The van der Waals surface area contributed by atoms with Gasteiger partial charge in [-0.1, -0.05) is 74.4 Å². The highest BCUT2D eigenvalue weighted by molar-refractivity contribution is 5.63. The number of hydrazine groups is 1. The van der Waals surface area contributed by atoms with Crippen LogP contribution in [0.3, 0.4) is 0 Å². The van der Waals surface area contributed by atoms with E-state index in [1.54, 1.807) is 0 Å². The topological polar surface area (TPSA) is 38.0 Å². The standard InChI is InChI=1S/C19H24N2/c1-14-6-5-9-18(14)19(21-20)17-12-10-16(11-13-17)15-7-3-2-4-8-15/h2-4,7-8,10-14,18-19,21H,5-6,9,20H2,1H3. The molecule has 1 aliphatic rings. The Bertz CT molecular complexity index is 562. The lowest BCUT2D eigenvalue weighted by Gasteiger charge is -2.26. The molecule has 3 atom stereocenters. The minimum Gasteiger partial charge on any atom is -0.271 e. The fourth-order valence-corrected chi connectivity index (χ4v) is 3.65. The average Bonchev–Trinajstić information content (AvgIpc) is 2.96. The zero-order valence-corrected chi connectivity index (χ0v) is 12.6. The molecule has 3 unspecified atom stereocenters. The molecule has 1 fully saturated rings. The molecule has 0 aromatic heterocycles. The van der Waals surface area contributed by atoms with Crippen molar-refractivity contribution in [3.05, 3.63) is 60.2 Å². The van der Waals surface area contributed by atoms with Gasteiger partial charge in [-0.05, 0) is 34.9 Å². The summed E-state index contributed by atoms with van der Waals surface area (Å²) in [5, 5.41) is 0. The average molecular weight is 280 g/mol. The Balaban J connectivity index is 1.82. The number of rotatable bonds is 4. The summed E-state index contributed by atoms with van der Waals surface area (Å²) in [6.45, 7) is 2.35. The summed E-state index contributed by atoms with van der Waals surface area (Å²) >= 11 is 0. The van der Waals surface area contributed by atoms with Gasteiger partial charge in [0.05, 0.1) is 0 Å². The van der Waals surface area contributed by atoms with Gasteiger partial charge in [0.15, 0.2) is 0 Å². The molecule has 3 N–H and O–H groups in total. The molecule has 110 valence electrons. The first kappa shape index (κ1) is 14.3. The van der Waals surface area contributed by atoms with Crippen LogP contribution in [-0.2, 0) is 0 Å². The van der Waals surface area contributed by atoms with E-state index in [0.717, 1.165) is 5.92 Å². The van der Waals surface area contributed by atoms with Gasteiger partial charge in [0.1, 0.15) is 0 Å². The number of hydrogen-bond donors (Lipinski definition) is 2. The fourth-order valence-electron chi connectivity index (χ4n) is 3.65. The van der Waals surface area contributed by atoms with Crippen molar-refractivity contribution in [2.24, 2.45) is 17.7 Å². The molecule has 0 aliphatic heterocycles. The molecule has 2 nitrogen and oxygen atoms in total. The summed E-state index contributed by atoms with van der Waals surface area (Å²) in [5.74, 6) is 7.25. The van der Waals surface area contributed by atoms with Gasteiger partial charge in [0.25, 0.3) is 0 Å². The Morgan fingerprint density at radius 3 is 2.19 bits per heavy atom. The van der Waals surface area contributed by atoms with Crippen molar-refractivity contribution in [3.63, 3.8) is 0 Å². The van der Waals surface area contributed by atoms with Crippen LogP contribution in [0.4, 0.5) is 0 Å². The van der Waals surface area contributed by atoms with Gasteiger partial charge < -0.3 is 0 Å². The zero-order chi connectivity index (χ0) is 14.7. The van der Waals surface area contributed by atoms with Crippen molar-refractivity contribution >= 4 is 0 Å². The first-order chi connectivity index (χ1) is 10.3. The van der Waals surface area contributed by atoms with E-state index in [2.05, 4.69) is 60.9 Å². The first-order valence-electron chi connectivity index (χ1n) is 7.91. The normalized spacial score (nSPS) is 23.1. The molecule has 0 saturated heterocycles. The second-order valence-electron chi connectivity index (χ2n) is 6.20. The molecular formula is C19H24N2. The molecule has 0 heterocycles. The molecular weight excluding hydrogens is 256 g/mol. The van der Waals surface area contributed by atoms with E-state index in [1.165, 1.54) is 36.0 Å². The summed E-state index contributed by atoms with van der Waals surface area (Å²) in [6, 6.07) is 19.6. The van der Waals surface area contributed by atoms with Crippen LogP contribution in [0.1, 0.15) is 37.8 Å². The van der Waals surface area contributed by atoms with E-state index in [9.17, 15) is 0 Å². The maximum Gasteiger partial charge on any atom is 0.0490 e.